The van der Waals surface area contributed by atoms with Crippen LogP contribution in [0.4, 0.5) is 5.69 Å². The van der Waals surface area contributed by atoms with Crippen LogP contribution in [0.5, 0.6) is 0 Å². The van der Waals surface area contributed by atoms with Crippen molar-refractivity contribution < 1.29 is 9.59 Å². The van der Waals surface area contributed by atoms with E-state index >= 15 is 0 Å². The van der Waals surface area contributed by atoms with Gasteiger partial charge in [-0.2, -0.15) is 0 Å². The average Bonchev–Trinajstić information content (AvgIpc) is 3.23. The first kappa shape index (κ1) is 13.5. The molecule has 0 saturated heterocycles. The zero-order valence-electron chi connectivity index (χ0n) is 11.6. The Balaban J connectivity index is 1.76. The molecule has 1 heterocycles. The highest BCUT2D eigenvalue weighted by molar-refractivity contribution is 8.00. The van der Waals surface area contributed by atoms with Crippen molar-refractivity contribution in [2.75, 3.05) is 5.32 Å². The third-order valence-corrected chi connectivity index (χ3v) is 5.04. The van der Waals surface area contributed by atoms with Crippen molar-refractivity contribution in [2.45, 2.75) is 42.9 Å². The van der Waals surface area contributed by atoms with Crippen LogP contribution < -0.4 is 10.6 Å². The molecule has 3 rings (SSSR count). The number of nitrogens with one attached hydrogen (secondary N) is 2. The number of carbonyl (C=O) groups is 2. The Labute approximate surface area is 122 Å². The molecule has 2 amide bonds. The molecule has 1 aromatic rings. The summed E-state index contributed by atoms with van der Waals surface area (Å²) in [6.07, 6.45) is 2.41. The van der Waals surface area contributed by atoms with Crippen molar-refractivity contribution in [3.63, 3.8) is 0 Å². The summed E-state index contributed by atoms with van der Waals surface area (Å²) in [4.78, 5) is 24.9. The fraction of sp³-hybridized carbons (Fsp3) is 0.467. The summed E-state index contributed by atoms with van der Waals surface area (Å²) >= 11 is 1.53. The van der Waals surface area contributed by atoms with Gasteiger partial charge in [-0.25, -0.2) is 0 Å². The molecule has 1 aromatic carbocycles. The third kappa shape index (κ3) is 2.68. The molecule has 0 bridgehead atoms. The molecular formula is C15H18N2O2S. The molecule has 4 nitrogen and oxygen atoms in total. The number of amides is 2. The van der Waals surface area contributed by atoms with Gasteiger partial charge in [-0.1, -0.05) is 0 Å². The lowest BCUT2D eigenvalue weighted by Gasteiger charge is -2.22. The number of rotatable bonds is 3. The van der Waals surface area contributed by atoms with E-state index in [-0.39, 0.29) is 23.1 Å². The first-order valence-electron chi connectivity index (χ1n) is 6.97. The Morgan fingerprint density at radius 3 is 2.90 bits per heavy atom. The van der Waals surface area contributed by atoms with Gasteiger partial charge in [0.25, 0.3) is 5.91 Å². The molecule has 20 heavy (non-hydrogen) atoms. The Morgan fingerprint density at radius 2 is 2.20 bits per heavy atom. The van der Waals surface area contributed by atoms with E-state index in [1.165, 1.54) is 24.6 Å². The van der Waals surface area contributed by atoms with Crippen molar-refractivity contribution >= 4 is 29.3 Å². The van der Waals surface area contributed by atoms with E-state index in [1.807, 2.05) is 26.0 Å². The van der Waals surface area contributed by atoms with E-state index < -0.39 is 0 Å². The lowest BCUT2D eigenvalue weighted by atomic mass is 10.1. The van der Waals surface area contributed by atoms with Crippen LogP contribution in [0.2, 0.25) is 0 Å². The number of hydrogen-bond donors (Lipinski definition) is 2. The molecule has 2 N–H and O–H groups in total. The normalized spacial score (nSPS) is 22.7. The molecule has 0 aromatic heterocycles. The second-order valence-corrected chi connectivity index (χ2v) is 6.94. The van der Waals surface area contributed by atoms with E-state index in [9.17, 15) is 9.59 Å². The maximum absolute atomic E-state index is 12.2. The van der Waals surface area contributed by atoms with Crippen molar-refractivity contribution in [3.05, 3.63) is 23.8 Å². The summed E-state index contributed by atoms with van der Waals surface area (Å²) in [6.45, 7) is 3.92. The minimum atomic E-state index is -0.0861. The maximum Gasteiger partial charge on any atom is 0.251 e. The van der Waals surface area contributed by atoms with E-state index in [2.05, 4.69) is 10.6 Å². The summed E-state index contributed by atoms with van der Waals surface area (Å²) in [5.74, 6) is 0.559. The second kappa shape index (κ2) is 5.13. The lowest BCUT2D eigenvalue weighted by molar-refractivity contribution is -0.115. The summed E-state index contributed by atoms with van der Waals surface area (Å²) in [6, 6.07) is 5.72. The van der Waals surface area contributed by atoms with Gasteiger partial charge in [-0.3, -0.25) is 9.59 Å². The van der Waals surface area contributed by atoms with Crippen molar-refractivity contribution in [1.82, 2.24) is 5.32 Å². The van der Waals surface area contributed by atoms with E-state index in [0.29, 0.717) is 11.5 Å². The second-order valence-electron chi connectivity index (χ2n) is 5.56. The summed E-state index contributed by atoms with van der Waals surface area (Å²) in [7, 11) is 0. The van der Waals surface area contributed by atoms with E-state index in [1.54, 1.807) is 6.07 Å². The highest BCUT2D eigenvalue weighted by atomic mass is 32.2. The number of benzene rings is 1. The van der Waals surface area contributed by atoms with Gasteiger partial charge in [-0.15, -0.1) is 11.8 Å². The molecular weight excluding hydrogens is 272 g/mol. The number of anilines is 1. The van der Waals surface area contributed by atoms with Crippen LogP contribution in [0.15, 0.2) is 23.1 Å². The fourth-order valence-corrected chi connectivity index (χ4v) is 3.28. The van der Waals surface area contributed by atoms with E-state index in [0.717, 1.165) is 10.6 Å². The van der Waals surface area contributed by atoms with Gasteiger partial charge in [0, 0.05) is 16.5 Å². The van der Waals surface area contributed by atoms with Crippen molar-refractivity contribution in [3.8, 4) is 0 Å². The van der Waals surface area contributed by atoms with Crippen LogP contribution in [0.3, 0.4) is 0 Å². The lowest BCUT2D eigenvalue weighted by Crippen LogP contribution is -2.34. The molecule has 106 valence electrons. The van der Waals surface area contributed by atoms with Crippen LogP contribution in [0, 0.1) is 5.92 Å². The number of fused-ring (bicyclic) bond motifs is 1. The molecule has 1 saturated carbocycles. The molecule has 2 aliphatic rings. The number of hydrogen-bond acceptors (Lipinski definition) is 3. The predicted molar refractivity (Wildman–Crippen MR) is 80.0 cm³/mol. The molecule has 1 aliphatic heterocycles. The minimum Gasteiger partial charge on any atom is -0.349 e. The SMILES string of the molecule is CC1Sc2ccc(C(=O)NC(C)C3CC3)cc2NC1=O. The van der Waals surface area contributed by atoms with Crippen LogP contribution in [0.1, 0.15) is 37.0 Å². The van der Waals surface area contributed by atoms with Gasteiger partial charge >= 0.3 is 0 Å². The first-order chi connectivity index (χ1) is 9.54. The fourth-order valence-electron chi connectivity index (χ4n) is 2.35. The van der Waals surface area contributed by atoms with Crippen molar-refractivity contribution in [2.24, 2.45) is 5.92 Å². The Morgan fingerprint density at radius 1 is 1.45 bits per heavy atom. The van der Waals surface area contributed by atoms with E-state index in [4.69, 9.17) is 0 Å². The molecule has 0 radical (unpaired) electrons. The number of carbonyl (C=O) groups excluding carboxylic acids is 2. The molecule has 1 fully saturated rings. The Kier molecular flexibility index (Phi) is 3.46. The average molecular weight is 290 g/mol. The monoisotopic (exact) mass is 290 g/mol. The molecule has 1 aliphatic carbocycles. The highest BCUT2D eigenvalue weighted by Gasteiger charge is 2.29. The van der Waals surface area contributed by atoms with Crippen molar-refractivity contribution in [1.29, 1.82) is 0 Å². The smallest absolute Gasteiger partial charge is 0.251 e. The topological polar surface area (TPSA) is 58.2 Å². The van der Waals surface area contributed by atoms with Crippen LogP contribution >= 0.6 is 11.8 Å². The maximum atomic E-state index is 12.2. The Hall–Kier alpha value is -1.49. The Bertz CT molecular complexity index is 569. The van der Waals surface area contributed by atoms with Gasteiger partial charge in [0.1, 0.15) is 0 Å². The minimum absolute atomic E-state index is 0.00796. The number of thioether (sulfide) groups is 1. The third-order valence-electron chi connectivity index (χ3n) is 3.86. The first-order valence-corrected chi connectivity index (χ1v) is 7.85. The zero-order chi connectivity index (χ0) is 14.3. The van der Waals surface area contributed by atoms with Crippen LogP contribution in [0.25, 0.3) is 0 Å². The molecule has 0 spiro atoms. The van der Waals surface area contributed by atoms with Gasteiger partial charge in [0.2, 0.25) is 5.91 Å². The van der Waals surface area contributed by atoms with Gasteiger partial charge < -0.3 is 10.6 Å². The zero-order valence-corrected chi connectivity index (χ0v) is 12.4. The molecule has 5 heteroatoms. The highest BCUT2D eigenvalue weighted by Crippen LogP contribution is 2.36. The van der Waals surface area contributed by atoms with Gasteiger partial charge in [0.05, 0.1) is 10.9 Å². The molecule has 2 atom stereocenters. The largest absolute Gasteiger partial charge is 0.349 e. The van der Waals surface area contributed by atoms with Gasteiger partial charge in [0.15, 0.2) is 0 Å². The summed E-state index contributed by atoms with van der Waals surface area (Å²) in [5, 5.41) is 5.79. The summed E-state index contributed by atoms with van der Waals surface area (Å²) in [5.41, 5.74) is 1.34. The molecule has 2 unspecified atom stereocenters. The standard InChI is InChI=1S/C15H18N2O2S/c1-8(10-3-4-10)16-15(19)11-5-6-13-12(7-11)17-14(18)9(2)20-13/h5-10H,3-4H2,1-2H3,(H,16,19)(H,17,18). The quantitative estimate of drug-likeness (QED) is 0.899. The van der Waals surface area contributed by atoms with Crippen LogP contribution in [-0.2, 0) is 4.79 Å². The predicted octanol–water partition coefficient (Wildman–Crippen LogP) is 2.65. The summed E-state index contributed by atoms with van der Waals surface area (Å²) < 4.78 is 0. The van der Waals surface area contributed by atoms with Crippen LogP contribution in [-0.4, -0.2) is 23.1 Å². The van der Waals surface area contributed by atoms with Gasteiger partial charge in [-0.05, 0) is 50.8 Å².